The fraction of sp³-hybridized carbons (Fsp3) is 0.469. The summed E-state index contributed by atoms with van der Waals surface area (Å²) in [6.07, 6.45) is 7.06. The Bertz CT molecular complexity index is 3170. The Hall–Kier alpha value is -8.66. The number of aliphatic hydroxyl groups excluding tert-OH is 1. The van der Waals surface area contributed by atoms with Gasteiger partial charge in [-0.2, -0.15) is 0 Å². The number of Topliss-reactive ketones (excluding diaryl/α,β-unsaturated/α-hetero) is 2. The Morgan fingerprint density at radius 1 is 0.791 bits per heavy atom. The van der Waals surface area contributed by atoms with Crippen molar-refractivity contribution in [2.24, 2.45) is 22.6 Å². The summed E-state index contributed by atoms with van der Waals surface area (Å²) >= 11 is 0. The molecule has 0 spiro atoms. The SMILES string of the molecule is C=C1C[C@H]2C=Nc3cc(OCCCCCOc4cc5c(cc4C)C(=O)N4CC(=C)C[C@H]4[C@H](O)N5C(=O)OCc4ccc(CC(=O)[C@H](CCCNC(N)=O)NC(=O)[C@@H](CC(=O)CCCCCN5C(=O)C=CC5=O)C(C)C)cc4)c(OC)cc3C(=O)N2C1. The van der Waals surface area contributed by atoms with Crippen molar-refractivity contribution in [1.82, 2.24) is 25.3 Å². The van der Waals surface area contributed by atoms with Gasteiger partial charge in [0, 0.05) is 81.9 Å². The maximum atomic E-state index is 14.3. The van der Waals surface area contributed by atoms with Gasteiger partial charge in [-0.25, -0.2) is 14.5 Å². The maximum Gasteiger partial charge on any atom is 0.416 e. The van der Waals surface area contributed by atoms with E-state index in [4.69, 9.17) is 24.7 Å². The van der Waals surface area contributed by atoms with Gasteiger partial charge < -0.3 is 50.2 Å². The number of ether oxygens (including phenoxy) is 4. The first-order valence-electron chi connectivity index (χ1n) is 29.5. The number of amides is 8. The van der Waals surface area contributed by atoms with Gasteiger partial charge in [-0.05, 0) is 99.5 Å². The van der Waals surface area contributed by atoms with Crippen LogP contribution >= 0.6 is 0 Å². The molecule has 22 heteroatoms. The second-order valence-electron chi connectivity index (χ2n) is 23.0. The summed E-state index contributed by atoms with van der Waals surface area (Å²) in [6.45, 7) is 15.1. The van der Waals surface area contributed by atoms with Gasteiger partial charge in [0.05, 0.1) is 61.0 Å². The number of imide groups is 1. The molecule has 0 saturated carbocycles. The first-order chi connectivity index (χ1) is 41.2. The number of hydrogen-bond acceptors (Lipinski definition) is 15. The molecule has 86 heavy (non-hydrogen) atoms. The van der Waals surface area contributed by atoms with E-state index in [0.717, 1.165) is 27.4 Å². The van der Waals surface area contributed by atoms with E-state index in [0.29, 0.717) is 110 Å². The zero-order valence-corrected chi connectivity index (χ0v) is 49.4. The van der Waals surface area contributed by atoms with Gasteiger partial charge >= 0.3 is 12.1 Å². The van der Waals surface area contributed by atoms with Gasteiger partial charge in [-0.3, -0.25) is 43.5 Å². The van der Waals surface area contributed by atoms with Gasteiger partial charge in [0.2, 0.25) is 5.91 Å². The second-order valence-corrected chi connectivity index (χ2v) is 23.0. The van der Waals surface area contributed by atoms with Crippen molar-refractivity contribution in [3.63, 3.8) is 0 Å². The molecule has 3 aromatic rings. The van der Waals surface area contributed by atoms with E-state index in [1.165, 1.54) is 24.2 Å². The van der Waals surface area contributed by atoms with Gasteiger partial charge in [-0.1, -0.05) is 68.8 Å². The number of carbonyl (C=O) groups is 9. The lowest BCUT2D eigenvalue weighted by Crippen LogP contribution is -2.50. The predicted molar refractivity (Wildman–Crippen MR) is 319 cm³/mol. The molecular formula is C64H78N8O14. The number of unbranched alkanes of at least 4 members (excludes halogenated alkanes) is 4. The molecule has 8 amide bonds. The first kappa shape index (κ1) is 63.4. The summed E-state index contributed by atoms with van der Waals surface area (Å²) in [7, 11) is 1.52. The summed E-state index contributed by atoms with van der Waals surface area (Å²) in [5.41, 5.74) is 10.0. The molecule has 0 bridgehead atoms. The van der Waals surface area contributed by atoms with Crippen LogP contribution in [0.2, 0.25) is 0 Å². The van der Waals surface area contributed by atoms with Crippen LogP contribution in [0.25, 0.3) is 0 Å². The number of hydrogen-bond donors (Lipinski definition) is 4. The van der Waals surface area contributed by atoms with Crippen LogP contribution < -0.4 is 35.5 Å². The number of benzene rings is 3. The molecule has 5 N–H and O–H groups in total. The average Bonchev–Trinajstić information content (AvgIpc) is 2.13. The summed E-state index contributed by atoms with van der Waals surface area (Å²) in [4.78, 5) is 128. The Kier molecular flexibility index (Phi) is 21.3. The van der Waals surface area contributed by atoms with Crippen molar-refractivity contribution < 1.29 is 67.2 Å². The lowest BCUT2D eigenvalue weighted by Gasteiger charge is -2.31. The normalized spacial score (nSPS) is 18.5. The number of aliphatic imine (C=N–C) groups is 1. The standard InChI is InChI=1S/C64H78N8O14/c1-38(2)46(30-45(73)14-9-7-10-23-69-57(75)20-21-58(69)76)59(77)68-49(15-13-22-66-63(65)81)53(74)29-42-16-18-43(19-17-42)37-86-64(82)72-51-33-54(41(5)28-48(51)61(79)71-36-40(4)27-52(71)62(72)80)84-24-11-8-12-25-85-56-32-50-47(31-55(56)83-6)60(78)70-35-39(3)26-44(70)34-67-50/h16-21,28,31-34,38,44,46,49,52,62,80H,3-4,7-15,22-27,29-30,35-37H2,1-2,5-6H3,(H,68,77)(H3,65,66,81)/t44-,46-,49-,52-,62-/m0/s1. The van der Waals surface area contributed by atoms with Crippen LogP contribution in [-0.2, 0) is 41.7 Å². The number of urea groups is 1. The van der Waals surface area contributed by atoms with Crippen molar-refractivity contribution in [3.8, 4) is 17.2 Å². The van der Waals surface area contributed by atoms with Gasteiger partial charge in [-0.15, -0.1) is 0 Å². The molecule has 0 aliphatic carbocycles. The molecule has 3 aromatic carbocycles. The Labute approximate surface area is 500 Å². The molecule has 2 saturated heterocycles. The number of anilines is 1. The summed E-state index contributed by atoms with van der Waals surface area (Å²) in [5, 5.41) is 17.3. The van der Waals surface area contributed by atoms with E-state index in [2.05, 4.69) is 28.8 Å². The molecular weight excluding hydrogens is 1100 g/mol. The summed E-state index contributed by atoms with van der Waals surface area (Å²) in [5.74, 6) is -1.74. The molecule has 2 fully saturated rings. The van der Waals surface area contributed by atoms with Gasteiger partial charge in [0.25, 0.3) is 23.6 Å². The van der Waals surface area contributed by atoms with Crippen LogP contribution in [0.15, 0.2) is 90.0 Å². The summed E-state index contributed by atoms with van der Waals surface area (Å²) in [6, 6.07) is 10.8. The fourth-order valence-electron chi connectivity index (χ4n) is 11.3. The van der Waals surface area contributed by atoms with Crippen molar-refractivity contribution in [2.75, 3.05) is 51.4 Å². The molecule has 5 heterocycles. The molecule has 5 atom stereocenters. The molecule has 0 aromatic heterocycles. The van der Waals surface area contributed by atoms with E-state index in [1.54, 1.807) is 66.6 Å². The third-order valence-electron chi connectivity index (χ3n) is 16.2. The third-order valence-corrected chi connectivity index (χ3v) is 16.2. The van der Waals surface area contributed by atoms with Gasteiger partial charge in [0.1, 0.15) is 18.1 Å². The van der Waals surface area contributed by atoms with E-state index in [1.807, 2.05) is 13.8 Å². The Balaban J connectivity index is 0.853. The predicted octanol–water partition coefficient (Wildman–Crippen LogP) is 7.13. The molecule has 0 radical (unpaired) electrons. The fourth-order valence-corrected chi connectivity index (χ4v) is 11.3. The molecule has 22 nitrogen and oxygen atoms in total. The number of ketones is 2. The Morgan fingerprint density at radius 2 is 1.45 bits per heavy atom. The van der Waals surface area contributed by atoms with Crippen LogP contribution in [0, 0.1) is 18.8 Å². The number of fused-ring (bicyclic) bond motifs is 4. The number of aryl methyl sites for hydroxylation is 1. The van der Waals surface area contributed by atoms with Crippen molar-refractivity contribution >= 4 is 70.8 Å². The van der Waals surface area contributed by atoms with Crippen molar-refractivity contribution in [1.29, 1.82) is 0 Å². The van der Waals surface area contributed by atoms with E-state index in [9.17, 15) is 48.3 Å². The molecule has 458 valence electrons. The number of aliphatic hydroxyl groups is 1. The van der Waals surface area contributed by atoms with Crippen LogP contribution in [0.5, 0.6) is 17.2 Å². The zero-order chi connectivity index (χ0) is 61.8. The number of primary amides is 1. The van der Waals surface area contributed by atoms with Crippen LogP contribution in [0.4, 0.5) is 21.0 Å². The molecule has 0 unspecified atom stereocenters. The highest BCUT2D eigenvalue weighted by Crippen LogP contribution is 2.41. The minimum Gasteiger partial charge on any atom is -0.493 e. The van der Waals surface area contributed by atoms with E-state index >= 15 is 0 Å². The highest BCUT2D eigenvalue weighted by molar-refractivity contribution is 6.13. The lowest BCUT2D eigenvalue weighted by molar-refractivity contribution is -0.137. The number of nitrogens with zero attached hydrogens (tertiary/aromatic N) is 5. The van der Waals surface area contributed by atoms with Gasteiger partial charge in [0.15, 0.2) is 23.5 Å². The minimum absolute atomic E-state index is 0.0345. The zero-order valence-electron chi connectivity index (χ0n) is 49.4. The van der Waals surface area contributed by atoms with E-state index < -0.39 is 42.3 Å². The number of nitrogens with one attached hydrogen (secondary N) is 2. The molecule has 5 aliphatic heterocycles. The first-order valence-corrected chi connectivity index (χ1v) is 29.5. The van der Waals surface area contributed by atoms with E-state index in [-0.39, 0.29) is 117 Å². The van der Waals surface area contributed by atoms with Crippen molar-refractivity contribution in [3.05, 3.63) is 113 Å². The second kappa shape index (κ2) is 29.0. The quantitative estimate of drug-likeness (QED) is 0.0306. The minimum atomic E-state index is -1.50. The topological polar surface area (TPSA) is 286 Å². The average molecular weight is 1180 g/mol. The van der Waals surface area contributed by atoms with Crippen LogP contribution in [-0.4, -0.2) is 150 Å². The van der Waals surface area contributed by atoms with Crippen molar-refractivity contribution in [2.45, 2.75) is 135 Å². The van der Waals surface area contributed by atoms with Crippen LogP contribution in [0.1, 0.15) is 128 Å². The number of methoxy groups -OCH3 is 1. The smallest absolute Gasteiger partial charge is 0.416 e. The molecule has 5 aliphatic rings. The largest absolute Gasteiger partial charge is 0.493 e. The maximum absolute atomic E-state index is 14.3. The highest BCUT2D eigenvalue weighted by atomic mass is 16.6. The number of nitrogens with two attached hydrogens (primary N) is 1. The summed E-state index contributed by atoms with van der Waals surface area (Å²) < 4.78 is 23.9. The lowest BCUT2D eigenvalue weighted by atomic mass is 9.88. The van der Waals surface area contributed by atoms with Crippen LogP contribution in [0.3, 0.4) is 0 Å². The highest BCUT2D eigenvalue weighted by Gasteiger charge is 2.46. The monoisotopic (exact) mass is 1180 g/mol. The number of carbonyl (C=O) groups excluding carboxylic acids is 9. The Morgan fingerprint density at radius 3 is 2.15 bits per heavy atom. The number of rotatable bonds is 29. The molecule has 8 rings (SSSR count). The third kappa shape index (κ3) is 15.6.